The highest BCUT2D eigenvalue weighted by Gasteiger charge is 2.22. The van der Waals surface area contributed by atoms with Gasteiger partial charge in [0.05, 0.1) is 11.9 Å². The van der Waals surface area contributed by atoms with Crippen molar-refractivity contribution in [2.75, 3.05) is 40.4 Å². The number of carbonyl (C=O) groups is 1. The Morgan fingerprint density at radius 3 is 2.28 bits per heavy atom. The molecular weight excluding hydrogens is 400 g/mol. The van der Waals surface area contributed by atoms with E-state index in [1.807, 2.05) is 12.1 Å². The number of nitrogens with one attached hydrogen (secondary N) is 1. The summed E-state index contributed by atoms with van der Waals surface area (Å²) in [5, 5.41) is 2.64. The van der Waals surface area contributed by atoms with Gasteiger partial charge in [-0.2, -0.15) is 0 Å². The van der Waals surface area contributed by atoms with Crippen LogP contribution in [0, 0.1) is 11.6 Å². The highest BCUT2D eigenvalue weighted by molar-refractivity contribution is 7.92. The number of benzene rings is 2. The van der Waals surface area contributed by atoms with Crippen LogP contribution in [0.25, 0.3) is 0 Å². The van der Waals surface area contributed by atoms with Gasteiger partial charge in [-0.25, -0.2) is 17.2 Å². The van der Waals surface area contributed by atoms with Crippen LogP contribution >= 0.6 is 0 Å². The molecule has 0 radical (unpaired) electrons. The molecule has 0 aliphatic carbocycles. The van der Waals surface area contributed by atoms with E-state index in [2.05, 4.69) is 10.2 Å². The van der Waals surface area contributed by atoms with Gasteiger partial charge in [-0.1, -0.05) is 0 Å². The highest BCUT2D eigenvalue weighted by atomic mass is 32.2. The minimum Gasteiger partial charge on any atom is -0.372 e. The maximum absolute atomic E-state index is 13.5. The van der Waals surface area contributed by atoms with E-state index < -0.39 is 34.1 Å². The van der Waals surface area contributed by atoms with Crippen LogP contribution in [0.2, 0.25) is 0 Å². The van der Waals surface area contributed by atoms with Gasteiger partial charge in [0.1, 0.15) is 6.54 Å². The van der Waals surface area contributed by atoms with Crippen LogP contribution in [0.15, 0.2) is 42.5 Å². The molecule has 1 heterocycles. The smallest absolute Gasteiger partial charge is 0.245 e. The van der Waals surface area contributed by atoms with Gasteiger partial charge in [-0.3, -0.25) is 9.10 Å². The summed E-state index contributed by atoms with van der Waals surface area (Å²) in [6.07, 6.45) is 4.45. The Kier molecular flexibility index (Phi) is 6.36. The van der Waals surface area contributed by atoms with Crippen LogP contribution in [-0.4, -0.2) is 40.2 Å². The second-order valence-electron chi connectivity index (χ2n) is 7.01. The highest BCUT2D eigenvalue weighted by Crippen LogP contribution is 2.23. The minimum absolute atomic E-state index is 0.123. The van der Waals surface area contributed by atoms with Gasteiger partial charge in [-0.05, 0) is 55.7 Å². The summed E-state index contributed by atoms with van der Waals surface area (Å²) < 4.78 is 51.5. The van der Waals surface area contributed by atoms with Crippen molar-refractivity contribution in [2.24, 2.45) is 0 Å². The number of sulfonamides is 1. The molecule has 1 aliphatic heterocycles. The number of anilines is 3. The van der Waals surface area contributed by atoms with Gasteiger partial charge in [0.2, 0.25) is 15.9 Å². The van der Waals surface area contributed by atoms with Gasteiger partial charge in [0.25, 0.3) is 0 Å². The summed E-state index contributed by atoms with van der Waals surface area (Å²) >= 11 is 0. The first-order chi connectivity index (χ1) is 13.7. The largest absolute Gasteiger partial charge is 0.372 e. The van der Waals surface area contributed by atoms with Gasteiger partial charge in [0.15, 0.2) is 11.6 Å². The summed E-state index contributed by atoms with van der Waals surface area (Å²) in [6.45, 7) is 1.45. The fourth-order valence-corrected chi connectivity index (χ4v) is 4.13. The van der Waals surface area contributed by atoms with Gasteiger partial charge in [0, 0.05) is 30.5 Å². The molecule has 0 bridgehead atoms. The number of carbonyl (C=O) groups excluding carboxylic acids is 1. The molecule has 2 aromatic carbocycles. The lowest BCUT2D eigenvalue weighted by Gasteiger charge is -2.28. The Morgan fingerprint density at radius 2 is 1.69 bits per heavy atom. The van der Waals surface area contributed by atoms with E-state index in [1.165, 1.54) is 6.42 Å². The van der Waals surface area contributed by atoms with E-state index in [0.29, 0.717) is 5.69 Å². The molecule has 3 rings (SSSR count). The lowest BCUT2D eigenvalue weighted by Crippen LogP contribution is -2.37. The first kappa shape index (κ1) is 21.0. The SMILES string of the molecule is CS(=O)(=O)N(CC(=O)Nc1ccc(N2CCCCC2)cc1)c1ccc(F)c(F)c1. The molecule has 0 saturated carbocycles. The molecular formula is C20H23F2N3O3S. The van der Waals surface area contributed by atoms with E-state index in [0.717, 1.165) is 60.4 Å². The maximum atomic E-state index is 13.5. The predicted octanol–water partition coefficient (Wildman–Crippen LogP) is 3.36. The summed E-state index contributed by atoms with van der Waals surface area (Å²) in [5.74, 6) is -2.88. The Balaban J connectivity index is 1.69. The number of halogens is 2. The van der Waals surface area contributed by atoms with E-state index in [-0.39, 0.29) is 5.69 Å². The van der Waals surface area contributed by atoms with Crippen molar-refractivity contribution >= 4 is 33.0 Å². The average Bonchev–Trinajstić information content (AvgIpc) is 2.69. The van der Waals surface area contributed by atoms with Crippen LogP contribution in [-0.2, 0) is 14.8 Å². The summed E-state index contributed by atoms with van der Waals surface area (Å²) in [6, 6.07) is 10.0. The van der Waals surface area contributed by atoms with Crippen molar-refractivity contribution in [1.29, 1.82) is 0 Å². The zero-order valence-electron chi connectivity index (χ0n) is 16.1. The quantitative estimate of drug-likeness (QED) is 0.774. The van der Waals surface area contributed by atoms with Crippen LogP contribution in [0.1, 0.15) is 19.3 Å². The van der Waals surface area contributed by atoms with E-state index in [9.17, 15) is 22.0 Å². The molecule has 0 spiro atoms. The van der Waals surface area contributed by atoms with E-state index in [1.54, 1.807) is 12.1 Å². The van der Waals surface area contributed by atoms with E-state index >= 15 is 0 Å². The topological polar surface area (TPSA) is 69.7 Å². The molecule has 29 heavy (non-hydrogen) atoms. The molecule has 0 atom stereocenters. The van der Waals surface area contributed by atoms with Gasteiger partial charge < -0.3 is 10.2 Å². The van der Waals surface area contributed by atoms with Crippen molar-refractivity contribution < 1.29 is 22.0 Å². The van der Waals surface area contributed by atoms with Crippen molar-refractivity contribution in [3.05, 3.63) is 54.1 Å². The Morgan fingerprint density at radius 1 is 1.03 bits per heavy atom. The van der Waals surface area contributed by atoms with Crippen LogP contribution in [0.4, 0.5) is 25.8 Å². The molecule has 9 heteroatoms. The lowest BCUT2D eigenvalue weighted by molar-refractivity contribution is -0.114. The van der Waals surface area contributed by atoms with Crippen LogP contribution < -0.4 is 14.5 Å². The third kappa shape index (κ3) is 5.44. The predicted molar refractivity (Wildman–Crippen MR) is 110 cm³/mol. The summed E-state index contributed by atoms with van der Waals surface area (Å²) in [5.41, 5.74) is 1.47. The lowest BCUT2D eigenvalue weighted by atomic mass is 10.1. The van der Waals surface area contributed by atoms with Gasteiger partial charge in [-0.15, -0.1) is 0 Å². The standard InChI is InChI=1S/C20H23F2N3O3S/c1-29(27,28)25(17-9-10-18(21)19(22)13-17)14-20(26)23-15-5-7-16(8-6-15)24-11-3-2-4-12-24/h5-10,13H,2-4,11-12,14H2,1H3,(H,23,26). The molecule has 0 aromatic heterocycles. The third-order valence-corrected chi connectivity index (χ3v) is 5.89. The van der Waals surface area contributed by atoms with Crippen molar-refractivity contribution in [1.82, 2.24) is 0 Å². The van der Waals surface area contributed by atoms with Crippen molar-refractivity contribution in [3.8, 4) is 0 Å². The Labute approximate surface area is 169 Å². The first-order valence-corrected chi connectivity index (χ1v) is 11.2. The Hall–Kier alpha value is -2.68. The molecule has 0 unspecified atom stereocenters. The zero-order valence-corrected chi connectivity index (χ0v) is 16.9. The molecule has 1 saturated heterocycles. The zero-order chi connectivity index (χ0) is 21.0. The number of hydrogen-bond acceptors (Lipinski definition) is 4. The number of nitrogens with zero attached hydrogens (tertiary/aromatic N) is 2. The summed E-state index contributed by atoms with van der Waals surface area (Å²) in [7, 11) is -3.88. The number of hydrogen-bond donors (Lipinski definition) is 1. The Bertz CT molecular complexity index is 975. The fourth-order valence-electron chi connectivity index (χ4n) is 3.28. The maximum Gasteiger partial charge on any atom is 0.245 e. The van der Waals surface area contributed by atoms with Crippen molar-refractivity contribution in [2.45, 2.75) is 19.3 Å². The van der Waals surface area contributed by atoms with Crippen LogP contribution in [0.3, 0.4) is 0 Å². The van der Waals surface area contributed by atoms with Crippen molar-refractivity contribution in [3.63, 3.8) is 0 Å². The second kappa shape index (κ2) is 8.77. The molecule has 6 nitrogen and oxygen atoms in total. The summed E-state index contributed by atoms with van der Waals surface area (Å²) in [4.78, 5) is 14.7. The number of rotatable bonds is 6. The third-order valence-electron chi connectivity index (χ3n) is 4.75. The fraction of sp³-hybridized carbons (Fsp3) is 0.350. The first-order valence-electron chi connectivity index (χ1n) is 9.32. The van der Waals surface area contributed by atoms with Gasteiger partial charge >= 0.3 is 0 Å². The molecule has 1 fully saturated rings. The van der Waals surface area contributed by atoms with E-state index in [4.69, 9.17) is 0 Å². The molecule has 2 aromatic rings. The van der Waals surface area contributed by atoms with Crippen LogP contribution in [0.5, 0.6) is 0 Å². The molecule has 156 valence electrons. The second-order valence-corrected chi connectivity index (χ2v) is 8.92. The average molecular weight is 423 g/mol. The number of amides is 1. The normalized spacial score (nSPS) is 14.5. The monoisotopic (exact) mass is 423 g/mol. The number of piperidine rings is 1. The molecule has 1 amide bonds. The molecule has 1 N–H and O–H groups in total. The molecule has 1 aliphatic rings. The minimum atomic E-state index is -3.88.